The van der Waals surface area contributed by atoms with Crippen LogP contribution in [0.15, 0.2) is 42.7 Å². The summed E-state index contributed by atoms with van der Waals surface area (Å²) in [5.41, 5.74) is 3.71. The first-order valence-corrected chi connectivity index (χ1v) is 9.90. The first-order valence-electron chi connectivity index (χ1n) is 9.90. The Morgan fingerprint density at radius 3 is 2.64 bits per heavy atom. The van der Waals surface area contributed by atoms with Crippen molar-refractivity contribution in [3.05, 3.63) is 71.1 Å². The molecule has 0 spiro atoms. The van der Waals surface area contributed by atoms with Crippen molar-refractivity contribution < 1.29 is 27.1 Å². The second kappa shape index (κ2) is 8.52. The minimum Gasteiger partial charge on any atom is -0.379 e. The van der Waals surface area contributed by atoms with Crippen LogP contribution in [0.2, 0.25) is 0 Å². The fourth-order valence-electron chi connectivity index (χ4n) is 3.62. The summed E-state index contributed by atoms with van der Waals surface area (Å²) in [4.78, 5) is 16.1. The van der Waals surface area contributed by atoms with Gasteiger partial charge in [-0.15, -0.1) is 10.2 Å². The summed E-state index contributed by atoms with van der Waals surface area (Å²) in [6, 6.07) is 8.39. The van der Waals surface area contributed by atoms with Crippen LogP contribution in [-0.2, 0) is 29.9 Å². The highest BCUT2D eigenvalue weighted by atomic mass is 19.4. The molecule has 12 heteroatoms. The average molecular weight is 464 g/mol. The average Bonchev–Trinajstić information content (AvgIpc) is 3.18. The van der Waals surface area contributed by atoms with E-state index in [2.05, 4.69) is 20.5 Å². The molecular weight excluding hydrogens is 444 g/mol. The van der Waals surface area contributed by atoms with E-state index >= 15 is 4.39 Å². The monoisotopic (exact) mass is 464 g/mol. The largest absolute Gasteiger partial charge is 0.433 e. The molecule has 0 radical (unpaired) electrons. The summed E-state index contributed by atoms with van der Waals surface area (Å²) in [5.74, 6) is -0.716. The van der Waals surface area contributed by atoms with Crippen molar-refractivity contribution in [2.24, 2.45) is 12.8 Å². The van der Waals surface area contributed by atoms with Gasteiger partial charge < -0.3 is 20.4 Å². The summed E-state index contributed by atoms with van der Waals surface area (Å²) in [5, 5.41) is 10.1. The van der Waals surface area contributed by atoms with Gasteiger partial charge in [0.05, 0.1) is 18.6 Å². The maximum Gasteiger partial charge on any atom is 0.433 e. The minimum absolute atomic E-state index is 0.0907. The standard InChI is InChI=1S/C21H20F4N6O2/c1-31-11-27-30-18(31)17(22)20(9-33-10-20)13-3-2-4-14(7-13)28-19(32)15-5-12(8-26)6-16(29-15)21(23,24)25/h2-7,11,17H,8-10,26H2,1H3,(H,28,32)/t17-/m0/s1. The molecule has 0 unspecified atom stereocenters. The van der Waals surface area contributed by atoms with Crippen LogP contribution in [0.5, 0.6) is 0 Å². The van der Waals surface area contributed by atoms with Crippen molar-refractivity contribution in [2.75, 3.05) is 18.5 Å². The molecule has 3 aromatic rings. The highest BCUT2D eigenvalue weighted by Crippen LogP contribution is 2.45. The van der Waals surface area contributed by atoms with Crippen molar-refractivity contribution in [3.63, 3.8) is 0 Å². The van der Waals surface area contributed by atoms with E-state index in [1.807, 2.05) is 0 Å². The molecule has 0 aliphatic carbocycles. The highest BCUT2D eigenvalue weighted by Gasteiger charge is 2.50. The first-order chi connectivity index (χ1) is 15.6. The zero-order valence-electron chi connectivity index (χ0n) is 17.4. The molecule has 1 saturated heterocycles. The normalized spacial score (nSPS) is 16.2. The third kappa shape index (κ3) is 4.31. The number of nitrogens with one attached hydrogen (secondary N) is 1. The van der Waals surface area contributed by atoms with Crippen LogP contribution in [0.3, 0.4) is 0 Å². The van der Waals surface area contributed by atoms with E-state index in [0.717, 1.165) is 6.07 Å². The lowest BCUT2D eigenvalue weighted by Gasteiger charge is -2.43. The van der Waals surface area contributed by atoms with Crippen molar-refractivity contribution in [3.8, 4) is 0 Å². The number of aromatic nitrogens is 4. The summed E-state index contributed by atoms with van der Waals surface area (Å²) in [6.07, 6.45) is -4.86. The number of carbonyl (C=O) groups is 1. The Bertz CT molecular complexity index is 1180. The van der Waals surface area contributed by atoms with Crippen molar-refractivity contribution in [1.82, 2.24) is 19.7 Å². The molecule has 33 heavy (non-hydrogen) atoms. The zero-order valence-corrected chi connectivity index (χ0v) is 17.4. The number of nitrogens with zero attached hydrogens (tertiary/aromatic N) is 4. The maximum absolute atomic E-state index is 15.5. The Morgan fingerprint density at radius 2 is 2.06 bits per heavy atom. The molecule has 8 nitrogen and oxygen atoms in total. The van der Waals surface area contributed by atoms with E-state index in [-0.39, 0.29) is 36.8 Å². The molecule has 1 aliphatic heterocycles. The molecule has 1 atom stereocenters. The Hall–Kier alpha value is -3.38. The molecule has 3 N–H and O–H groups in total. The second-order valence-electron chi connectivity index (χ2n) is 7.79. The predicted molar refractivity (Wildman–Crippen MR) is 109 cm³/mol. The van der Waals surface area contributed by atoms with Crippen molar-refractivity contribution in [2.45, 2.75) is 24.3 Å². The lowest BCUT2D eigenvalue weighted by Crippen LogP contribution is -2.50. The quantitative estimate of drug-likeness (QED) is 0.543. The van der Waals surface area contributed by atoms with Crippen LogP contribution in [0.25, 0.3) is 0 Å². The van der Waals surface area contributed by atoms with Crippen LogP contribution in [0.1, 0.15) is 39.3 Å². The van der Waals surface area contributed by atoms with Gasteiger partial charge in [0.1, 0.15) is 17.7 Å². The number of alkyl halides is 4. The van der Waals surface area contributed by atoms with Gasteiger partial charge in [0.25, 0.3) is 5.91 Å². The summed E-state index contributed by atoms with van der Waals surface area (Å²) >= 11 is 0. The molecule has 1 amide bonds. The van der Waals surface area contributed by atoms with Crippen LogP contribution < -0.4 is 11.1 Å². The molecule has 1 fully saturated rings. The second-order valence-corrected chi connectivity index (χ2v) is 7.79. The van der Waals surface area contributed by atoms with Crippen LogP contribution in [-0.4, -0.2) is 38.9 Å². The van der Waals surface area contributed by atoms with Gasteiger partial charge in [-0.1, -0.05) is 12.1 Å². The van der Waals surface area contributed by atoms with Gasteiger partial charge in [0.15, 0.2) is 12.0 Å². The molecule has 3 heterocycles. The lowest BCUT2D eigenvalue weighted by molar-refractivity contribution is -0.141. The molecule has 2 aromatic heterocycles. The van der Waals surface area contributed by atoms with Gasteiger partial charge in [0.2, 0.25) is 0 Å². The van der Waals surface area contributed by atoms with Crippen molar-refractivity contribution >= 4 is 11.6 Å². The Balaban J connectivity index is 1.61. The molecule has 174 valence electrons. The maximum atomic E-state index is 15.5. The van der Waals surface area contributed by atoms with Gasteiger partial charge in [-0.25, -0.2) is 9.37 Å². The Labute approximate surface area is 185 Å². The van der Waals surface area contributed by atoms with E-state index in [1.54, 1.807) is 31.3 Å². The number of carbonyl (C=O) groups excluding carboxylic acids is 1. The van der Waals surface area contributed by atoms with E-state index in [0.29, 0.717) is 5.56 Å². The summed E-state index contributed by atoms with van der Waals surface area (Å²) in [7, 11) is 1.63. The Morgan fingerprint density at radius 1 is 1.30 bits per heavy atom. The number of benzene rings is 1. The van der Waals surface area contributed by atoms with Gasteiger partial charge in [-0.05, 0) is 35.4 Å². The number of pyridine rings is 1. The van der Waals surface area contributed by atoms with Crippen LogP contribution in [0.4, 0.5) is 23.2 Å². The fraction of sp³-hybridized carbons (Fsp3) is 0.333. The molecule has 0 bridgehead atoms. The summed E-state index contributed by atoms with van der Waals surface area (Å²) < 4.78 is 61.7. The molecule has 4 rings (SSSR count). The fourth-order valence-corrected chi connectivity index (χ4v) is 3.62. The smallest absolute Gasteiger partial charge is 0.379 e. The number of amides is 1. The number of nitrogens with two attached hydrogens (primary N) is 1. The topological polar surface area (TPSA) is 108 Å². The number of halogens is 4. The third-order valence-corrected chi connectivity index (χ3v) is 5.52. The van der Waals surface area contributed by atoms with E-state index in [9.17, 15) is 18.0 Å². The van der Waals surface area contributed by atoms with E-state index < -0.39 is 35.1 Å². The van der Waals surface area contributed by atoms with Gasteiger partial charge in [-0.2, -0.15) is 13.2 Å². The van der Waals surface area contributed by atoms with Crippen molar-refractivity contribution in [1.29, 1.82) is 0 Å². The lowest BCUT2D eigenvalue weighted by atomic mass is 9.74. The van der Waals surface area contributed by atoms with E-state index in [4.69, 9.17) is 10.5 Å². The number of hydrogen-bond acceptors (Lipinski definition) is 6. The van der Waals surface area contributed by atoms with Crippen LogP contribution >= 0.6 is 0 Å². The number of hydrogen-bond donors (Lipinski definition) is 2. The number of rotatable bonds is 6. The number of anilines is 1. The first kappa shape index (κ1) is 22.8. The van der Waals surface area contributed by atoms with Gasteiger partial charge >= 0.3 is 6.18 Å². The van der Waals surface area contributed by atoms with Gasteiger partial charge in [-0.3, -0.25) is 4.79 Å². The summed E-state index contributed by atoms with van der Waals surface area (Å²) in [6.45, 7) is -0.00917. The minimum atomic E-state index is -4.73. The third-order valence-electron chi connectivity index (χ3n) is 5.52. The predicted octanol–water partition coefficient (Wildman–Crippen LogP) is 2.92. The Kier molecular flexibility index (Phi) is 5.89. The SMILES string of the molecule is Cn1cnnc1[C@H](F)C1(c2cccc(NC(=O)c3cc(CN)cc(C(F)(F)F)n3)c2)COC1. The molecule has 1 aliphatic rings. The zero-order chi connectivity index (χ0) is 23.8. The van der Waals surface area contributed by atoms with E-state index in [1.165, 1.54) is 17.0 Å². The molecule has 1 aromatic carbocycles. The van der Waals surface area contributed by atoms with Crippen LogP contribution in [0, 0.1) is 0 Å². The molecule has 0 saturated carbocycles. The number of aryl methyl sites for hydroxylation is 1. The van der Waals surface area contributed by atoms with Gasteiger partial charge in [0, 0.05) is 19.3 Å². The number of ether oxygens (including phenoxy) is 1. The highest BCUT2D eigenvalue weighted by molar-refractivity contribution is 6.03. The molecular formula is C21H20F4N6O2.